The van der Waals surface area contributed by atoms with Gasteiger partial charge in [0.15, 0.2) is 0 Å². The van der Waals surface area contributed by atoms with Gasteiger partial charge in [-0.25, -0.2) is 0 Å². The van der Waals surface area contributed by atoms with Crippen molar-refractivity contribution in [2.45, 2.75) is 44.6 Å². The van der Waals surface area contributed by atoms with Gasteiger partial charge >= 0.3 is 0 Å². The molecular formula is C15H20N2O. The standard InChI is InChI=1S/C15H20N2O/c16-9-2-1-3-10-18-13-8-7-12-5-4-6-15(17)14(12)11-13/h7-8,11,15H,1-6,10,17H2/t15-/m1/s1. The maximum atomic E-state index is 8.44. The Morgan fingerprint density at radius 2 is 2.28 bits per heavy atom. The van der Waals surface area contributed by atoms with E-state index in [1.807, 2.05) is 6.07 Å². The lowest BCUT2D eigenvalue weighted by atomic mass is 9.88. The Labute approximate surface area is 109 Å². The first-order valence-electron chi connectivity index (χ1n) is 6.69. The predicted molar refractivity (Wildman–Crippen MR) is 71.3 cm³/mol. The minimum Gasteiger partial charge on any atom is -0.494 e. The minimum absolute atomic E-state index is 0.163. The highest BCUT2D eigenvalue weighted by Gasteiger charge is 2.17. The smallest absolute Gasteiger partial charge is 0.119 e. The first kappa shape index (κ1) is 12.9. The zero-order valence-corrected chi connectivity index (χ0v) is 10.7. The van der Waals surface area contributed by atoms with Gasteiger partial charge in [0.05, 0.1) is 12.7 Å². The summed E-state index contributed by atoms with van der Waals surface area (Å²) in [6.07, 6.45) is 5.82. The van der Waals surface area contributed by atoms with E-state index < -0.39 is 0 Å². The van der Waals surface area contributed by atoms with Crippen molar-refractivity contribution in [3.05, 3.63) is 29.3 Å². The molecule has 18 heavy (non-hydrogen) atoms. The Balaban J connectivity index is 1.90. The molecule has 2 N–H and O–H groups in total. The summed E-state index contributed by atoms with van der Waals surface area (Å²) in [7, 11) is 0. The van der Waals surface area contributed by atoms with Crippen LogP contribution in [0.5, 0.6) is 5.75 Å². The van der Waals surface area contributed by atoms with Gasteiger partial charge in [-0.2, -0.15) is 5.26 Å². The van der Waals surface area contributed by atoms with E-state index in [9.17, 15) is 0 Å². The van der Waals surface area contributed by atoms with E-state index >= 15 is 0 Å². The second-order valence-corrected chi connectivity index (χ2v) is 4.82. The van der Waals surface area contributed by atoms with Crippen molar-refractivity contribution in [3.63, 3.8) is 0 Å². The third-order valence-electron chi connectivity index (χ3n) is 3.43. The lowest BCUT2D eigenvalue weighted by Crippen LogP contribution is -2.17. The Hall–Kier alpha value is -1.53. The molecule has 0 amide bonds. The van der Waals surface area contributed by atoms with Crippen LogP contribution in [-0.4, -0.2) is 6.61 Å². The van der Waals surface area contributed by atoms with E-state index in [2.05, 4.69) is 18.2 Å². The van der Waals surface area contributed by atoms with Crippen LogP contribution in [0.25, 0.3) is 0 Å². The molecule has 0 spiro atoms. The van der Waals surface area contributed by atoms with Gasteiger partial charge in [-0.1, -0.05) is 6.07 Å². The number of fused-ring (bicyclic) bond motifs is 1. The first-order valence-corrected chi connectivity index (χ1v) is 6.69. The Morgan fingerprint density at radius 3 is 3.11 bits per heavy atom. The summed E-state index contributed by atoms with van der Waals surface area (Å²) in [6.45, 7) is 0.676. The van der Waals surface area contributed by atoms with Crippen LogP contribution in [-0.2, 0) is 6.42 Å². The summed E-state index contributed by atoms with van der Waals surface area (Å²) in [4.78, 5) is 0. The summed E-state index contributed by atoms with van der Waals surface area (Å²) < 4.78 is 5.70. The van der Waals surface area contributed by atoms with Gasteiger partial charge in [0.1, 0.15) is 5.75 Å². The average Bonchev–Trinajstić information content (AvgIpc) is 2.39. The van der Waals surface area contributed by atoms with Gasteiger partial charge in [-0.3, -0.25) is 0 Å². The van der Waals surface area contributed by atoms with Crippen LogP contribution in [0.15, 0.2) is 18.2 Å². The minimum atomic E-state index is 0.163. The zero-order valence-electron chi connectivity index (χ0n) is 10.7. The van der Waals surface area contributed by atoms with Crippen LogP contribution >= 0.6 is 0 Å². The molecule has 0 radical (unpaired) electrons. The Morgan fingerprint density at radius 1 is 1.39 bits per heavy atom. The van der Waals surface area contributed by atoms with Crippen molar-refractivity contribution in [2.24, 2.45) is 5.73 Å². The van der Waals surface area contributed by atoms with Gasteiger partial charge in [-0.15, -0.1) is 0 Å². The highest BCUT2D eigenvalue weighted by molar-refractivity contribution is 5.39. The molecule has 96 valence electrons. The van der Waals surface area contributed by atoms with Crippen LogP contribution in [0.4, 0.5) is 0 Å². The topological polar surface area (TPSA) is 59.0 Å². The summed E-state index contributed by atoms with van der Waals surface area (Å²) in [6, 6.07) is 8.56. The molecule has 3 heteroatoms. The fraction of sp³-hybridized carbons (Fsp3) is 0.533. The molecule has 0 unspecified atom stereocenters. The molecule has 0 bridgehead atoms. The number of unbranched alkanes of at least 4 members (excludes halogenated alkanes) is 2. The van der Waals surface area contributed by atoms with Gasteiger partial charge in [0.25, 0.3) is 0 Å². The second kappa shape index (κ2) is 6.42. The third-order valence-corrected chi connectivity index (χ3v) is 3.43. The molecule has 1 aliphatic rings. The lowest BCUT2D eigenvalue weighted by molar-refractivity contribution is 0.306. The summed E-state index contributed by atoms with van der Waals surface area (Å²) >= 11 is 0. The summed E-state index contributed by atoms with van der Waals surface area (Å²) in [5, 5.41) is 8.44. The van der Waals surface area contributed by atoms with E-state index in [4.69, 9.17) is 15.7 Å². The van der Waals surface area contributed by atoms with Crippen LogP contribution in [0.1, 0.15) is 49.3 Å². The van der Waals surface area contributed by atoms with Crippen molar-refractivity contribution >= 4 is 0 Å². The van der Waals surface area contributed by atoms with Crippen LogP contribution < -0.4 is 10.5 Å². The molecule has 2 rings (SSSR count). The van der Waals surface area contributed by atoms with Crippen molar-refractivity contribution in [3.8, 4) is 11.8 Å². The van der Waals surface area contributed by atoms with E-state index in [0.717, 1.165) is 31.4 Å². The molecule has 1 aromatic rings. The predicted octanol–water partition coefficient (Wildman–Crippen LogP) is 3.10. The molecule has 3 nitrogen and oxygen atoms in total. The molecule has 0 fully saturated rings. The lowest BCUT2D eigenvalue weighted by Gasteiger charge is -2.22. The molecule has 0 aliphatic heterocycles. The van der Waals surface area contributed by atoms with E-state index in [1.165, 1.54) is 17.5 Å². The first-order chi connectivity index (χ1) is 8.81. The van der Waals surface area contributed by atoms with Crippen molar-refractivity contribution in [2.75, 3.05) is 6.61 Å². The van der Waals surface area contributed by atoms with E-state index in [0.29, 0.717) is 13.0 Å². The number of benzene rings is 1. The highest BCUT2D eigenvalue weighted by Crippen LogP contribution is 2.30. The third kappa shape index (κ3) is 3.24. The van der Waals surface area contributed by atoms with Crippen LogP contribution in [0.3, 0.4) is 0 Å². The highest BCUT2D eigenvalue weighted by atomic mass is 16.5. The molecule has 0 saturated heterocycles. The number of ether oxygens (including phenoxy) is 1. The van der Waals surface area contributed by atoms with Crippen molar-refractivity contribution in [1.82, 2.24) is 0 Å². The van der Waals surface area contributed by atoms with Gasteiger partial charge in [-0.05, 0) is 55.4 Å². The Kier molecular flexibility index (Phi) is 4.60. The molecule has 0 heterocycles. The SMILES string of the molecule is N#CCCCCOc1ccc2c(c1)[C@H](N)CCC2. The van der Waals surface area contributed by atoms with E-state index in [-0.39, 0.29) is 6.04 Å². The van der Waals surface area contributed by atoms with Gasteiger partial charge in [0, 0.05) is 12.5 Å². The van der Waals surface area contributed by atoms with Crippen molar-refractivity contribution in [1.29, 1.82) is 5.26 Å². The maximum Gasteiger partial charge on any atom is 0.119 e. The fourth-order valence-corrected chi connectivity index (χ4v) is 2.40. The van der Waals surface area contributed by atoms with E-state index in [1.54, 1.807) is 0 Å². The quantitative estimate of drug-likeness (QED) is 0.810. The number of nitrogens with two attached hydrogens (primary N) is 1. The van der Waals surface area contributed by atoms with Gasteiger partial charge in [0.2, 0.25) is 0 Å². The molecule has 1 aliphatic carbocycles. The number of hydrogen-bond acceptors (Lipinski definition) is 3. The van der Waals surface area contributed by atoms with Crippen molar-refractivity contribution < 1.29 is 4.74 Å². The molecule has 0 saturated carbocycles. The molecule has 1 atom stereocenters. The number of nitrogens with zero attached hydrogens (tertiary/aromatic N) is 1. The van der Waals surface area contributed by atoms with Gasteiger partial charge < -0.3 is 10.5 Å². The average molecular weight is 244 g/mol. The fourth-order valence-electron chi connectivity index (χ4n) is 2.40. The second-order valence-electron chi connectivity index (χ2n) is 4.82. The van der Waals surface area contributed by atoms with Crippen LogP contribution in [0, 0.1) is 11.3 Å². The molecular weight excluding hydrogens is 224 g/mol. The number of hydrogen-bond donors (Lipinski definition) is 1. The normalized spacial score (nSPS) is 17.9. The maximum absolute atomic E-state index is 8.44. The Bertz CT molecular complexity index is 437. The zero-order chi connectivity index (χ0) is 12.8. The largest absolute Gasteiger partial charge is 0.494 e. The summed E-state index contributed by atoms with van der Waals surface area (Å²) in [5.41, 5.74) is 8.73. The summed E-state index contributed by atoms with van der Waals surface area (Å²) in [5.74, 6) is 0.906. The molecule has 0 aromatic heterocycles. The number of nitriles is 1. The number of aryl methyl sites for hydroxylation is 1. The monoisotopic (exact) mass is 244 g/mol. The van der Waals surface area contributed by atoms with Crippen LogP contribution in [0.2, 0.25) is 0 Å². The molecule has 1 aromatic carbocycles. The number of rotatable bonds is 5.